The molecule has 1 atom stereocenters. The van der Waals surface area contributed by atoms with Crippen LogP contribution in [0.5, 0.6) is 0 Å². The van der Waals surface area contributed by atoms with Crippen molar-refractivity contribution >= 4 is 21.6 Å². The molecule has 0 aliphatic carbocycles. The van der Waals surface area contributed by atoms with Gasteiger partial charge in [0.05, 0.1) is 5.71 Å². The SMILES string of the molecule is CBr.CC.c1cncc(C2CCC(c3ccncc3)=NO2)c1. The number of nitrogens with zero attached hydrogens (tertiary/aromatic N) is 3. The molecule has 2 aromatic heterocycles. The molecule has 3 heterocycles. The number of hydrogen-bond donors (Lipinski definition) is 0. The standard InChI is InChI=1S/C14H13N3O.C2H6.CH3Br/c1-2-12(10-16-7-1)14-4-3-13(17-18-14)11-5-8-15-9-6-11;2*1-2/h1-2,5-10,14H,3-4H2;1-2H3;1H3. The summed E-state index contributed by atoms with van der Waals surface area (Å²) in [5.41, 5.74) is 3.14. The molecule has 4 nitrogen and oxygen atoms in total. The number of hydrogen-bond acceptors (Lipinski definition) is 4. The lowest BCUT2D eigenvalue weighted by molar-refractivity contribution is 0.0429. The van der Waals surface area contributed by atoms with E-state index in [4.69, 9.17) is 4.84 Å². The topological polar surface area (TPSA) is 47.4 Å². The first-order chi connectivity index (χ1) is 10.9. The minimum Gasteiger partial charge on any atom is -0.387 e. The van der Waals surface area contributed by atoms with Gasteiger partial charge in [-0.1, -0.05) is 41.0 Å². The summed E-state index contributed by atoms with van der Waals surface area (Å²) in [5.74, 6) is 1.81. The summed E-state index contributed by atoms with van der Waals surface area (Å²) in [4.78, 5) is 13.7. The van der Waals surface area contributed by atoms with Crippen molar-refractivity contribution in [1.82, 2.24) is 9.97 Å². The van der Waals surface area contributed by atoms with Gasteiger partial charge in [-0.15, -0.1) is 0 Å². The van der Waals surface area contributed by atoms with Crippen LogP contribution in [0, 0.1) is 0 Å². The molecule has 1 unspecified atom stereocenters. The maximum absolute atomic E-state index is 5.56. The molecule has 118 valence electrons. The highest BCUT2D eigenvalue weighted by Gasteiger charge is 2.20. The fraction of sp³-hybridized carbons (Fsp3) is 0.353. The number of halogens is 1. The molecule has 0 N–H and O–H groups in total. The van der Waals surface area contributed by atoms with E-state index in [-0.39, 0.29) is 6.10 Å². The van der Waals surface area contributed by atoms with Crippen molar-refractivity contribution in [3.05, 3.63) is 60.2 Å². The van der Waals surface area contributed by atoms with Crippen LogP contribution < -0.4 is 0 Å². The van der Waals surface area contributed by atoms with Gasteiger partial charge in [0, 0.05) is 35.9 Å². The first kappa shape index (κ1) is 18.3. The normalized spacial score (nSPS) is 16.0. The minimum atomic E-state index is 0.0179. The van der Waals surface area contributed by atoms with Gasteiger partial charge in [-0.05, 0) is 36.9 Å². The highest BCUT2D eigenvalue weighted by Crippen LogP contribution is 2.27. The van der Waals surface area contributed by atoms with Crippen molar-refractivity contribution in [2.45, 2.75) is 32.8 Å². The van der Waals surface area contributed by atoms with Crippen LogP contribution in [0.15, 0.2) is 54.2 Å². The molecule has 3 rings (SSSR count). The number of aromatic nitrogens is 2. The van der Waals surface area contributed by atoms with E-state index in [2.05, 4.69) is 31.1 Å². The number of oxime groups is 1. The second-order valence-corrected chi connectivity index (χ2v) is 4.19. The Hall–Kier alpha value is -1.75. The van der Waals surface area contributed by atoms with Crippen LogP contribution in [0.3, 0.4) is 0 Å². The quantitative estimate of drug-likeness (QED) is 0.721. The number of alkyl halides is 1. The van der Waals surface area contributed by atoms with Gasteiger partial charge in [0.15, 0.2) is 6.10 Å². The molecule has 0 amide bonds. The lowest BCUT2D eigenvalue weighted by Crippen LogP contribution is -2.13. The lowest BCUT2D eigenvalue weighted by atomic mass is 10.0. The van der Waals surface area contributed by atoms with E-state index >= 15 is 0 Å². The molecule has 0 radical (unpaired) electrons. The van der Waals surface area contributed by atoms with Crippen molar-refractivity contribution in [2.75, 3.05) is 5.83 Å². The Morgan fingerprint density at radius 1 is 1.05 bits per heavy atom. The maximum atomic E-state index is 5.56. The van der Waals surface area contributed by atoms with Gasteiger partial charge in [0.1, 0.15) is 0 Å². The van der Waals surface area contributed by atoms with Crippen LogP contribution in [0.4, 0.5) is 0 Å². The molecule has 0 saturated heterocycles. The molecule has 22 heavy (non-hydrogen) atoms. The number of rotatable bonds is 2. The van der Waals surface area contributed by atoms with E-state index < -0.39 is 0 Å². The summed E-state index contributed by atoms with van der Waals surface area (Å²) >= 11 is 2.94. The van der Waals surface area contributed by atoms with Crippen molar-refractivity contribution in [3.8, 4) is 0 Å². The monoisotopic (exact) mass is 363 g/mol. The Balaban J connectivity index is 0.000000561. The average Bonchev–Trinajstić information content (AvgIpc) is 2.67. The Morgan fingerprint density at radius 3 is 2.32 bits per heavy atom. The predicted molar refractivity (Wildman–Crippen MR) is 94.3 cm³/mol. The molecule has 0 spiro atoms. The maximum Gasteiger partial charge on any atom is 0.154 e. The van der Waals surface area contributed by atoms with Crippen LogP contribution in [-0.4, -0.2) is 21.5 Å². The average molecular weight is 364 g/mol. The summed E-state index contributed by atoms with van der Waals surface area (Å²) in [7, 11) is 0. The molecule has 0 fully saturated rings. The van der Waals surface area contributed by atoms with E-state index in [1.807, 2.05) is 50.1 Å². The molecular weight excluding hydrogens is 342 g/mol. The zero-order chi connectivity index (χ0) is 16.2. The minimum absolute atomic E-state index is 0.0179. The Bertz CT molecular complexity index is 546. The fourth-order valence-corrected chi connectivity index (χ4v) is 2.03. The molecule has 0 saturated carbocycles. The summed E-state index contributed by atoms with van der Waals surface area (Å²) in [6.07, 6.45) is 8.98. The smallest absolute Gasteiger partial charge is 0.154 e. The molecule has 5 heteroatoms. The Labute approximate surface area is 140 Å². The third-order valence-corrected chi connectivity index (χ3v) is 3.00. The van der Waals surface area contributed by atoms with Gasteiger partial charge in [-0.25, -0.2) is 0 Å². The van der Waals surface area contributed by atoms with E-state index in [1.54, 1.807) is 18.6 Å². The van der Waals surface area contributed by atoms with E-state index in [9.17, 15) is 0 Å². The highest BCUT2D eigenvalue weighted by molar-refractivity contribution is 9.08. The molecule has 1 aliphatic heterocycles. The van der Waals surface area contributed by atoms with Gasteiger partial charge in [0.2, 0.25) is 0 Å². The van der Waals surface area contributed by atoms with Crippen LogP contribution in [-0.2, 0) is 4.84 Å². The lowest BCUT2D eigenvalue weighted by Gasteiger charge is -2.21. The second kappa shape index (κ2) is 10.9. The summed E-state index contributed by atoms with van der Waals surface area (Å²) < 4.78 is 0. The van der Waals surface area contributed by atoms with Crippen LogP contribution in [0.25, 0.3) is 0 Å². The summed E-state index contributed by atoms with van der Waals surface area (Å²) in [6.45, 7) is 4.00. The number of pyridine rings is 2. The zero-order valence-electron chi connectivity index (χ0n) is 13.2. The first-order valence-corrected chi connectivity index (χ1v) is 8.93. The predicted octanol–water partition coefficient (Wildman–Crippen LogP) is 4.77. The van der Waals surface area contributed by atoms with Crippen molar-refractivity contribution < 1.29 is 4.84 Å². The first-order valence-electron chi connectivity index (χ1n) is 7.34. The van der Waals surface area contributed by atoms with Crippen LogP contribution in [0.1, 0.15) is 43.9 Å². The van der Waals surface area contributed by atoms with Gasteiger partial charge >= 0.3 is 0 Å². The van der Waals surface area contributed by atoms with Gasteiger partial charge in [0.25, 0.3) is 0 Å². The van der Waals surface area contributed by atoms with Crippen molar-refractivity contribution in [2.24, 2.45) is 5.16 Å². The Kier molecular flexibility index (Phi) is 9.07. The third kappa shape index (κ3) is 5.22. The largest absolute Gasteiger partial charge is 0.387 e. The van der Waals surface area contributed by atoms with E-state index in [1.165, 1.54) is 0 Å². The summed E-state index contributed by atoms with van der Waals surface area (Å²) in [5, 5.41) is 4.22. The van der Waals surface area contributed by atoms with Crippen LogP contribution in [0.2, 0.25) is 0 Å². The molecule has 2 aromatic rings. The molecule has 0 bridgehead atoms. The van der Waals surface area contributed by atoms with Gasteiger partial charge < -0.3 is 4.84 Å². The highest BCUT2D eigenvalue weighted by atomic mass is 79.9. The van der Waals surface area contributed by atoms with Crippen LogP contribution >= 0.6 is 15.9 Å². The zero-order valence-corrected chi connectivity index (χ0v) is 14.8. The van der Waals surface area contributed by atoms with Crippen molar-refractivity contribution in [3.63, 3.8) is 0 Å². The Morgan fingerprint density at radius 2 is 1.77 bits per heavy atom. The van der Waals surface area contributed by atoms with E-state index in [0.717, 1.165) is 29.7 Å². The third-order valence-electron chi connectivity index (χ3n) is 3.00. The summed E-state index contributed by atoms with van der Waals surface area (Å²) in [6, 6.07) is 7.84. The van der Waals surface area contributed by atoms with E-state index in [0.29, 0.717) is 0 Å². The van der Waals surface area contributed by atoms with Gasteiger partial charge in [-0.3, -0.25) is 9.97 Å². The molecule has 1 aliphatic rings. The second-order valence-electron chi connectivity index (χ2n) is 4.19. The van der Waals surface area contributed by atoms with Crippen molar-refractivity contribution in [1.29, 1.82) is 0 Å². The van der Waals surface area contributed by atoms with Gasteiger partial charge in [-0.2, -0.15) is 0 Å². The molecular formula is C17H22BrN3O. The fourth-order valence-electron chi connectivity index (χ4n) is 2.03. The molecule has 0 aromatic carbocycles.